The van der Waals surface area contributed by atoms with E-state index < -0.39 is 41.2 Å². The number of nitrogens with two attached hydrogens (primary N) is 1. The van der Waals surface area contributed by atoms with Crippen LogP contribution in [-0.4, -0.2) is 76.6 Å². The molecule has 0 saturated carbocycles. The van der Waals surface area contributed by atoms with Crippen LogP contribution < -0.4 is 11.1 Å². The minimum atomic E-state index is -1.26. The summed E-state index contributed by atoms with van der Waals surface area (Å²) < 4.78 is 1.34. The highest BCUT2D eigenvalue weighted by molar-refractivity contribution is 8.01. The number of nitrogens with one attached hydrogen (secondary N) is 1. The zero-order valence-electron chi connectivity index (χ0n) is 17.5. The van der Waals surface area contributed by atoms with Gasteiger partial charge >= 0.3 is 11.9 Å². The third-order valence-corrected chi connectivity index (χ3v) is 7.66. The molecule has 178 valence electrons. The van der Waals surface area contributed by atoms with Crippen molar-refractivity contribution in [1.29, 1.82) is 0 Å². The minimum Gasteiger partial charge on any atom is -0.480 e. The first kappa shape index (κ1) is 23.8. The zero-order chi connectivity index (χ0) is 24.4. The van der Waals surface area contributed by atoms with Gasteiger partial charge in [-0.2, -0.15) is 0 Å². The zero-order valence-corrected chi connectivity index (χ0v) is 19.2. The number of aliphatic carboxylic acids is 2. The summed E-state index contributed by atoms with van der Waals surface area (Å²) in [5, 5.41) is 28.7. The molecule has 1 unspecified atom stereocenters. The van der Waals surface area contributed by atoms with E-state index in [2.05, 4.69) is 15.5 Å². The summed E-state index contributed by atoms with van der Waals surface area (Å²) in [7, 11) is 0. The van der Waals surface area contributed by atoms with Gasteiger partial charge in [0.05, 0.1) is 0 Å². The van der Waals surface area contributed by atoms with Gasteiger partial charge in [0.2, 0.25) is 5.91 Å². The quantitative estimate of drug-likeness (QED) is 0.264. The monoisotopic (exact) mass is 504 g/mol. The first-order valence-corrected chi connectivity index (χ1v) is 12.0. The van der Waals surface area contributed by atoms with Crippen molar-refractivity contribution in [2.75, 3.05) is 11.5 Å². The first-order chi connectivity index (χ1) is 16.3. The predicted octanol–water partition coefficient (Wildman–Crippen LogP) is -0.107. The topological polar surface area (TPSA) is 181 Å². The maximum absolute atomic E-state index is 12.8. The fourth-order valence-corrected chi connectivity index (χ4v) is 6.01. The number of thioether (sulfide) groups is 2. The van der Waals surface area contributed by atoms with Crippen molar-refractivity contribution in [3.05, 3.63) is 53.5 Å². The SMILES string of the molecule is N[C@@H](C(=O)NC1C(=O)N2C(C(=O)O)=C(CSc3nncn3CC(=O)O)CS[C@H]12)c1ccccc1. The van der Waals surface area contributed by atoms with Crippen LogP contribution in [0.25, 0.3) is 0 Å². The first-order valence-electron chi connectivity index (χ1n) is 10.0. The smallest absolute Gasteiger partial charge is 0.352 e. The van der Waals surface area contributed by atoms with Gasteiger partial charge in [-0.05, 0) is 11.1 Å². The average molecular weight is 505 g/mol. The summed E-state index contributed by atoms with van der Waals surface area (Å²) in [4.78, 5) is 49.5. The molecule has 12 nitrogen and oxygen atoms in total. The number of hydrogen-bond acceptors (Lipinski definition) is 9. The number of carboxylic acids is 2. The number of hydrogen-bond donors (Lipinski definition) is 4. The normalized spacial score (nSPS) is 20.4. The Labute approximate surface area is 201 Å². The third-order valence-electron chi connectivity index (χ3n) is 5.25. The number of carbonyl (C=O) groups excluding carboxylic acids is 2. The molecule has 1 aromatic heterocycles. The molecule has 1 saturated heterocycles. The lowest BCUT2D eigenvalue weighted by Crippen LogP contribution is -2.71. The molecule has 4 rings (SSSR count). The maximum atomic E-state index is 12.8. The fourth-order valence-electron chi connectivity index (χ4n) is 3.61. The number of carbonyl (C=O) groups is 4. The van der Waals surface area contributed by atoms with E-state index in [0.29, 0.717) is 22.0 Å². The Morgan fingerprint density at radius 1 is 1.26 bits per heavy atom. The number of amides is 2. The Bertz CT molecular complexity index is 1170. The number of rotatable bonds is 9. The Balaban J connectivity index is 1.45. The molecule has 34 heavy (non-hydrogen) atoms. The number of benzene rings is 1. The molecule has 3 atom stereocenters. The highest BCUT2D eigenvalue weighted by atomic mass is 32.2. The van der Waals surface area contributed by atoms with Gasteiger partial charge in [-0.25, -0.2) is 4.79 Å². The van der Waals surface area contributed by atoms with Gasteiger partial charge in [0.1, 0.15) is 36.0 Å². The molecule has 0 aliphatic carbocycles. The van der Waals surface area contributed by atoms with Crippen LogP contribution in [-0.2, 0) is 25.7 Å². The van der Waals surface area contributed by atoms with E-state index in [4.69, 9.17) is 10.8 Å². The minimum absolute atomic E-state index is 0.136. The van der Waals surface area contributed by atoms with Gasteiger partial charge < -0.3 is 21.3 Å². The summed E-state index contributed by atoms with van der Waals surface area (Å²) in [6.45, 7) is -0.325. The van der Waals surface area contributed by atoms with E-state index in [1.165, 1.54) is 27.6 Å². The highest BCUT2D eigenvalue weighted by Crippen LogP contribution is 2.41. The molecule has 2 aromatic rings. The highest BCUT2D eigenvalue weighted by Gasteiger charge is 2.54. The maximum Gasteiger partial charge on any atom is 0.352 e. The summed E-state index contributed by atoms with van der Waals surface area (Å²) in [5.74, 6) is -2.88. The summed E-state index contributed by atoms with van der Waals surface area (Å²) in [5.41, 5.74) is 6.96. The molecule has 0 bridgehead atoms. The van der Waals surface area contributed by atoms with Crippen molar-refractivity contribution in [2.24, 2.45) is 5.73 Å². The van der Waals surface area contributed by atoms with Crippen molar-refractivity contribution < 1.29 is 29.4 Å². The van der Waals surface area contributed by atoms with Crippen LogP contribution >= 0.6 is 23.5 Å². The number of nitrogens with zero attached hydrogens (tertiary/aromatic N) is 4. The van der Waals surface area contributed by atoms with Gasteiger partial charge in [0.25, 0.3) is 5.91 Å². The average Bonchev–Trinajstić information content (AvgIpc) is 3.26. The van der Waals surface area contributed by atoms with E-state index in [1.54, 1.807) is 30.3 Å². The van der Waals surface area contributed by atoms with Crippen LogP contribution in [0.1, 0.15) is 11.6 Å². The van der Waals surface area contributed by atoms with E-state index in [-0.39, 0.29) is 18.0 Å². The Morgan fingerprint density at radius 2 is 2.00 bits per heavy atom. The number of fused-ring (bicyclic) bond motifs is 1. The van der Waals surface area contributed by atoms with E-state index >= 15 is 0 Å². The molecule has 1 fully saturated rings. The molecule has 14 heteroatoms. The van der Waals surface area contributed by atoms with Crippen LogP contribution in [0.5, 0.6) is 0 Å². The van der Waals surface area contributed by atoms with E-state index in [1.807, 2.05) is 0 Å². The number of carboxylic acid groups (broad SMARTS) is 2. The summed E-state index contributed by atoms with van der Waals surface area (Å²) >= 11 is 2.47. The molecule has 0 spiro atoms. The molecule has 1 aromatic carbocycles. The fraction of sp³-hybridized carbons (Fsp3) is 0.300. The molecule has 5 N–H and O–H groups in total. The van der Waals surface area contributed by atoms with Crippen LogP contribution in [0, 0.1) is 0 Å². The van der Waals surface area contributed by atoms with Crippen molar-refractivity contribution in [1.82, 2.24) is 25.0 Å². The van der Waals surface area contributed by atoms with E-state index in [0.717, 1.165) is 11.8 Å². The van der Waals surface area contributed by atoms with E-state index in [9.17, 15) is 24.3 Å². The van der Waals surface area contributed by atoms with Gasteiger partial charge in [-0.3, -0.25) is 23.9 Å². The van der Waals surface area contributed by atoms with Crippen LogP contribution in [0.4, 0.5) is 0 Å². The van der Waals surface area contributed by atoms with Crippen molar-refractivity contribution >= 4 is 47.3 Å². The second-order valence-electron chi connectivity index (χ2n) is 7.47. The Morgan fingerprint density at radius 3 is 2.68 bits per heavy atom. The van der Waals surface area contributed by atoms with Crippen molar-refractivity contribution in [3.63, 3.8) is 0 Å². The summed E-state index contributed by atoms with van der Waals surface area (Å²) in [6, 6.07) is 6.89. The van der Waals surface area contributed by atoms with Crippen LogP contribution in [0.3, 0.4) is 0 Å². The van der Waals surface area contributed by atoms with Gasteiger partial charge in [-0.15, -0.1) is 22.0 Å². The lowest BCUT2D eigenvalue weighted by Gasteiger charge is -2.49. The Hall–Kier alpha value is -3.36. The van der Waals surface area contributed by atoms with Crippen LogP contribution in [0.15, 0.2) is 53.1 Å². The van der Waals surface area contributed by atoms with Crippen molar-refractivity contribution in [3.8, 4) is 0 Å². The standard InChI is InChI=1S/C20H20N6O6S2/c21-13(10-4-2-1-3-5-10)16(29)23-14-17(30)26-15(19(31)32)11(7-33-18(14)26)8-34-20-24-22-9-25(20)6-12(27)28/h1-5,9,13-14,18H,6-8,21H2,(H,23,29)(H,27,28)(H,31,32)/t13-,14?,18-/m1/s1. The molecule has 2 aliphatic rings. The molecule has 3 heterocycles. The molecule has 2 aliphatic heterocycles. The number of aromatic nitrogens is 3. The number of β-lactam (4-membered cyclic amide) rings is 1. The molecule has 2 amide bonds. The second kappa shape index (κ2) is 9.87. The Kier molecular flexibility index (Phi) is 6.90. The van der Waals surface area contributed by atoms with Gasteiger partial charge in [-0.1, -0.05) is 42.1 Å². The predicted molar refractivity (Wildman–Crippen MR) is 121 cm³/mol. The van der Waals surface area contributed by atoms with Crippen molar-refractivity contribution in [2.45, 2.75) is 29.2 Å². The lowest BCUT2D eigenvalue weighted by molar-refractivity contribution is -0.150. The molecular weight excluding hydrogens is 484 g/mol. The largest absolute Gasteiger partial charge is 0.480 e. The van der Waals surface area contributed by atoms with Gasteiger partial charge in [0.15, 0.2) is 5.16 Å². The van der Waals surface area contributed by atoms with Gasteiger partial charge in [0, 0.05) is 11.5 Å². The molecule has 0 radical (unpaired) electrons. The summed E-state index contributed by atoms with van der Waals surface area (Å²) in [6.07, 6.45) is 1.28. The third kappa shape index (κ3) is 4.64. The lowest BCUT2D eigenvalue weighted by atomic mass is 10.0. The second-order valence-corrected chi connectivity index (χ2v) is 9.51. The van der Waals surface area contributed by atoms with Crippen LogP contribution in [0.2, 0.25) is 0 Å². The molecular formula is C20H20N6O6S2.